The van der Waals surface area contributed by atoms with Gasteiger partial charge in [-0.2, -0.15) is 0 Å². The predicted octanol–water partition coefficient (Wildman–Crippen LogP) is 0.589. The van der Waals surface area contributed by atoms with Gasteiger partial charge in [-0.25, -0.2) is 0 Å². The van der Waals surface area contributed by atoms with Crippen molar-refractivity contribution < 1.29 is 19.4 Å². The molecule has 5 nitrogen and oxygen atoms in total. The van der Waals surface area contributed by atoms with Crippen molar-refractivity contribution in [1.82, 2.24) is 4.90 Å². The summed E-state index contributed by atoms with van der Waals surface area (Å²) in [7, 11) is 1.67. The predicted molar refractivity (Wildman–Crippen MR) is 59.5 cm³/mol. The van der Waals surface area contributed by atoms with Gasteiger partial charge in [0.25, 0.3) is 0 Å². The van der Waals surface area contributed by atoms with Gasteiger partial charge < -0.3 is 14.6 Å². The zero-order valence-corrected chi connectivity index (χ0v) is 9.85. The summed E-state index contributed by atoms with van der Waals surface area (Å²) in [6.45, 7) is 2.84. The lowest BCUT2D eigenvalue weighted by atomic mass is 10.4. The Kier molecular flexibility index (Phi) is 6.37. The van der Waals surface area contributed by atoms with Crippen LogP contribution in [0.5, 0.6) is 0 Å². The number of aliphatic carboxylic acids is 1. The van der Waals surface area contributed by atoms with E-state index in [4.69, 9.17) is 14.6 Å². The Morgan fingerprint density at radius 1 is 1.38 bits per heavy atom. The first-order valence-electron chi connectivity index (χ1n) is 5.76. The second-order valence-corrected chi connectivity index (χ2v) is 4.05. The number of hydrogen-bond donors (Lipinski definition) is 1. The van der Waals surface area contributed by atoms with Crippen molar-refractivity contribution in [1.29, 1.82) is 0 Å². The highest BCUT2D eigenvalue weighted by molar-refractivity contribution is 5.69. The van der Waals surface area contributed by atoms with Crippen LogP contribution in [0.25, 0.3) is 0 Å². The van der Waals surface area contributed by atoms with E-state index in [0.717, 1.165) is 19.3 Å². The van der Waals surface area contributed by atoms with Crippen molar-refractivity contribution in [3.63, 3.8) is 0 Å². The van der Waals surface area contributed by atoms with Gasteiger partial charge in [0, 0.05) is 32.9 Å². The molecule has 1 saturated carbocycles. The molecule has 0 heterocycles. The van der Waals surface area contributed by atoms with Crippen LogP contribution in [0.2, 0.25) is 0 Å². The summed E-state index contributed by atoms with van der Waals surface area (Å²) in [5.74, 6) is -0.758. The molecule has 0 amide bonds. The molecule has 1 aliphatic rings. The minimum Gasteiger partial charge on any atom is -0.480 e. The zero-order valence-electron chi connectivity index (χ0n) is 9.85. The highest BCUT2D eigenvalue weighted by Gasteiger charge is 2.29. The van der Waals surface area contributed by atoms with E-state index in [1.807, 2.05) is 4.90 Å². The van der Waals surface area contributed by atoms with Crippen molar-refractivity contribution >= 4 is 5.97 Å². The van der Waals surface area contributed by atoms with E-state index in [-0.39, 0.29) is 6.54 Å². The number of nitrogens with zero attached hydrogens (tertiary/aromatic N) is 1. The van der Waals surface area contributed by atoms with Crippen molar-refractivity contribution in [2.45, 2.75) is 25.3 Å². The molecule has 0 radical (unpaired) electrons. The van der Waals surface area contributed by atoms with Gasteiger partial charge in [0.1, 0.15) is 0 Å². The average molecular weight is 231 g/mol. The molecule has 0 saturated heterocycles. The molecule has 16 heavy (non-hydrogen) atoms. The first kappa shape index (κ1) is 13.4. The van der Waals surface area contributed by atoms with Gasteiger partial charge in [-0.3, -0.25) is 9.69 Å². The highest BCUT2D eigenvalue weighted by Crippen LogP contribution is 2.26. The normalized spacial score (nSPS) is 15.6. The molecule has 0 aliphatic heterocycles. The fourth-order valence-corrected chi connectivity index (χ4v) is 1.59. The quantitative estimate of drug-likeness (QED) is 0.558. The molecule has 0 unspecified atom stereocenters. The van der Waals surface area contributed by atoms with Gasteiger partial charge in [0.05, 0.1) is 13.2 Å². The fourth-order valence-electron chi connectivity index (χ4n) is 1.59. The van der Waals surface area contributed by atoms with Crippen LogP contribution in [-0.2, 0) is 14.3 Å². The minimum atomic E-state index is -0.758. The number of rotatable bonds is 10. The lowest BCUT2D eigenvalue weighted by molar-refractivity contribution is -0.138. The molecular weight excluding hydrogens is 210 g/mol. The van der Waals surface area contributed by atoms with E-state index < -0.39 is 5.97 Å². The summed E-state index contributed by atoms with van der Waals surface area (Å²) in [5, 5.41) is 8.73. The smallest absolute Gasteiger partial charge is 0.317 e. The standard InChI is InChI=1S/C11H21NO4/c1-15-6-2-7-16-8-5-12(9-11(13)14)10-3-4-10/h10H,2-9H2,1H3,(H,13,14). The lowest BCUT2D eigenvalue weighted by Crippen LogP contribution is -2.34. The number of ether oxygens (including phenoxy) is 2. The van der Waals surface area contributed by atoms with Crippen LogP contribution < -0.4 is 0 Å². The second kappa shape index (κ2) is 7.60. The Labute approximate surface area is 96.3 Å². The van der Waals surface area contributed by atoms with Gasteiger partial charge in [0.15, 0.2) is 0 Å². The number of carbonyl (C=O) groups is 1. The first-order valence-corrected chi connectivity index (χ1v) is 5.76. The third kappa shape index (κ3) is 6.05. The molecule has 0 aromatic rings. The third-order valence-corrected chi connectivity index (χ3v) is 2.56. The van der Waals surface area contributed by atoms with Crippen LogP contribution in [0, 0.1) is 0 Å². The Hall–Kier alpha value is -0.650. The molecule has 0 atom stereocenters. The summed E-state index contributed by atoms with van der Waals surface area (Å²) in [4.78, 5) is 12.6. The zero-order chi connectivity index (χ0) is 11.8. The molecule has 0 aromatic heterocycles. The maximum Gasteiger partial charge on any atom is 0.317 e. The van der Waals surface area contributed by atoms with Gasteiger partial charge in [0.2, 0.25) is 0 Å². The number of carboxylic acid groups (broad SMARTS) is 1. The van der Waals surface area contributed by atoms with Crippen molar-refractivity contribution in [2.24, 2.45) is 0 Å². The Morgan fingerprint density at radius 3 is 2.69 bits per heavy atom. The van der Waals surface area contributed by atoms with Crippen molar-refractivity contribution in [3.05, 3.63) is 0 Å². The minimum absolute atomic E-state index is 0.131. The maximum absolute atomic E-state index is 10.6. The topological polar surface area (TPSA) is 59.0 Å². The SMILES string of the molecule is COCCCOCCN(CC(=O)O)C1CC1. The summed E-state index contributed by atoms with van der Waals surface area (Å²) in [6.07, 6.45) is 3.13. The van der Waals surface area contributed by atoms with Gasteiger partial charge in [-0.15, -0.1) is 0 Å². The van der Waals surface area contributed by atoms with E-state index in [1.54, 1.807) is 7.11 Å². The van der Waals surface area contributed by atoms with Crippen LogP contribution in [0.15, 0.2) is 0 Å². The van der Waals surface area contributed by atoms with Crippen molar-refractivity contribution in [2.75, 3.05) is 40.0 Å². The van der Waals surface area contributed by atoms with Crippen molar-refractivity contribution in [3.8, 4) is 0 Å². The molecule has 0 aromatic carbocycles. The number of carboxylic acids is 1. The molecule has 1 fully saturated rings. The number of methoxy groups -OCH3 is 1. The lowest BCUT2D eigenvalue weighted by Gasteiger charge is -2.19. The molecule has 0 spiro atoms. The molecule has 1 rings (SSSR count). The summed E-state index contributed by atoms with van der Waals surface area (Å²) < 4.78 is 10.3. The summed E-state index contributed by atoms with van der Waals surface area (Å²) in [6, 6.07) is 0.471. The molecule has 1 N–H and O–H groups in total. The average Bonchev–Trinajstić information content (AvgIpc) is 3.04. The fraction of sp³-hybridized carbons (Fsp3) is 0.909. The molecule has 0 bridgehead atoms. The van der Waals surface area contributed by atoms with Crippen LogP contribution in [0.4, 0.5) is 0 Å². The third-order valence-electron chi connectivity index (χ3n) is 2.56. The van der Waals surface area contributed by atoms with E-state index in [2.05, 4.69) is 0 Å². The Balaban J connectivity index is 2.01. The van der Waals surface area contributed by atoms with Crippen LogP contribution in [0.1, 0.15) is 19.3 Å². The Morgan fingerprint density at radius 2 is 2.12 bits per heavy atom. The maximum atomic E-state index is 10.6. The van der Waals surface area contributed by atoms with Crippen LogP contribution >= 0.6 is 0 Å². The Bertz CT molecular complexity index is 206. The van der Waals surface area contributed by atoms with Gasteiger partial charge in [-0.05, 0) is 19.3 Å². The van der Waals surface area contributed by atoms with E-state index in [1.165, 1.54) is 0 Å². The highest BCUT2D eigenvalue weighted by atomic mass is 16.5. The first-order chi connectivity index (χ1) is 7.74. The van der Waals surface area contributed by atoms with Gasteiger partial charge in [-0.1, -0.05) is 0 Å². The largest absolute Gasteiger partial charge is 0.480 e. The van der Waals surface area contributed by atoms with Crippen LogP contribution in [-0.4, -0.2) is 62.0 Å². The summed E-state index contributed by atoms with van der Waals surface area (Å²) in [5.41, 5.74) is 0. The van der Waals surface area contributed by atoms with E-state index >= 15 is 0 Å². The molecular formula is C11H21NO4. The second-order valence-electron chi connectivity index (χ2n) is 4.05. The number of hydrogen-bond acceptors (Lipinski definition) is 4. The molecule has 1 aliphatic carbocycles. The molecule has 5 heteroatoms. The molecule has 94 valence electrons. The van der Waals surface area contributed by atoms with Crippen LogP contribution in [0.3, 0.4) is 0 Å². The monoisotopic (exact) mass is 231 g/mol. The summed E-state index contributed by atoms with van der Waals surface area (Å²) >= 11 is 0. The van der Waals surface area contributed by atoms with E-state index in [9.17, 15) is 4.79 Å². The van der Waals surface area contributed by atoms with Gasteiger partial charge >= 0.3 is 5.97 Å². The van der Waals surface area contributed by atoms with E-state index in [0.29, 0.717) is 32.4 Å².